The average molecular weight is 361 g/mol. The van der Waals surface area contributed by atoms with Crippen LogP contribution in [0.4, 0.5) is 0 Å². The van der Waals surface area contributed by atoms with Gasteiger partial charge in [0.15, 0.2) is 0 Å². The summed E-state index contributed by atoms with van der Waals surface area (Å²) in [5.74, 6) is 3.05. The molecule has 0 saturated carbocycles. The number of rotatable bonds is 2. The first-order chi connectivity index (χ1) is 11.1. The molecule has 0 aromatic carbocycles. The predicted octanol–water partition coefficient (Wildman–Crippen LogP) is 0.416. The van der Waals surface area contributed by atoms with E-state index in [0.29, 0.717) is 5.75 Å². The van der Waals surface area contributed by atoms with Gasteiger partial charge in [-0.15, -0.1) is 0 Å². The van der Waals surface area contributed by atoms with E-state index in [1.165, 1.54) is 12.2 Å². The summed E-state index contributed by atoms with van der Waals surface area (Å²) < 4.78 is 24.9. The Bertz CT molecular complexity index is 472. The summed E-state index contributed by atoms with van der Waals surface area (Å²) in [6.45, 7) is 6.46. The maximum atomic E-state index is 12.7. The highest BCUT2D eigenvalue weighted by Gasteiger charge is 2.48. The average Bonchev–Trinajstić information content (AvgIpc) is 3.05. The number of hydrogen-bond acceptors (Lipinski definition) is 6. The van der Waals surface area contributed by atoms with Gasteiger partial charge in [-0.2, -0.15) is 11.8 Å². The molecule has 4 fully saturated rings. The molecule has 4 aliphatic rings. The van der Waals surface area contributed by atoms with Crippen molar-refractivity contribution < 1.29 is 13.7 Å². The van der Waals surface area contributed by atoms with Gasteiger partial charge < -0.3 is 14.4 Å². The topological polar surface area (TPSA) is 42.0 Å². The number of thioether (sulfide) groups is 1. The highest BCUT2D eigenvalue weighted by Crippen LogP contribution is 2.36. The minimum Gasteiger partial charge on any atom is -0.371 e. The zero-order chi connectivity index (χ0) is 15.9. The van der Waals surface area contributed by atoms with Crippen LogP contribution in [0.5, 0.6) is 0 Å². The van der Waals surface area contributed by atoms with Crippen molar-refractivity contribution in [2.75, 3.05) is 70.2 Å². The Kier molecular flexibility index (Phi) is 4.80. The lowest BCUT2D eigenvalue weighted by Crippen LogP contribution is -2.54. The second-order valence-electron chi connectivity index (χ2n) is 7.69. The molecular formula is C16H28N2O3S2. The zero-order valence-corrected chi connectivity index (χ0v) is 15.6. The third-order valence-electron chi connectivity index (χ3n) is 5.67. The van der Waals surface area contributed by atoms with E-state index in [9.17, 15) is 4.21 Å². The molecule has 0 bridgehead atoms. The Morgan fingerprint density at radius 3 is 2.83 bits per heavy atom. The molecule has 0 aliphatic carbocycles. The van der Waals surface area contributed by atoms with E-state index in [-0.39, 0.29) is 16.5 Å². The van der Waals surface area contributed by atoms with Gasteiger partial charge in [-0.05, 0) is 25.6 Å². The fourth-order valence-corrected chi connectivity index (χ4v) is 7.80. The Morgan fingerprint density at radius 1 is 1.22 bits per heavy atom. The van der Waals surface area contributed by atoms with Crippen molar-refractivity contribution in [1.82, 2.24) is 9.80 Å². The standard InChI is InChI=1S/C16H28N2O3S2/c1-17-3-5-21-16(10-17)8-14(23(19)13-16)9-18-4-6-20-15(11-18)2-7-22-12-15/h14H,2-13H2,1H3. The van der Waals surface area contributed by atoms with E-state index in [1.807, 2.05) is 11.8 Å². The van der Waals surface area contributed by atoms with Gasteiger partial charge in [0.25, 0.3) is 0 Å². The van der Waals surface area contributed by atoms with Gasteiger partial charge in [0, 0.05) is 49.3 Å². The van der Waals surface area contributed by atoms with Crippen LogP contribution in [0.3, 0.4) is 0 Å². The highest BCUT2D eigenvalue weighted by molar-refractivity contribution is 7.99. The Balaban J connectivity index is 1.38. The van der Waals surface area contributed by atoms with Crippen LogP contribution in [-0.4, -0.2) is 101 Å². The van der Waals surface area contributed by atoms with Crippen LogP contribution < -0.4 is 0 Å². The smallest absolute Gasteiger partial charge is 0.0935 e. The fourth-order valence-electron chi connectivity index (χ4n) is 4.53. The van der Waals surface area contributed by atoms with Crippen molar-refractivity contribution >= 4 is 22.6 Å². The van der Waals surface area contributed by atoms with E-state index >= 15 is 0 Å². The lowest BCUT2D eigenvalue weighted by molar-refractivity contribution is -0.0987. The van der Waals surface area contributed by atoms with E-state index in [4.69, 9.17) is 9.47 Å². The number of likely N-dealkylation sites (N-methyl/N-ethyl adjacent to an activating group) is 1. The van der Waals surface area contributed by atoms with Gasteiger partial charge in [-0.3, -0.25) is 9.11 Å². The Morgan fingerprint density at radius 2 is 2.04 bits per heavy atom. The largest absolute Gasteiger partial charge is 0.371 e. The maximum Gasteiger partial charge on any atom is 0.0935 e. The second-order valence-corrected chi connectivity index (χ2v) is 10.5. The van der Waals surface area contributed by atoms with Gasteiger partial charge in [-0.25, -0.2) is 0 Å². The Hall–Kier alpha value is 0.340. The van der Waals surface area contributed by atoms with Gasteiger partial charge >= 0.3 is 0 Å². The lowest BCUT2D eigenvalue weighted by Gasteiger charge is -2.41. The first kappa shape index (κ1) is 16.8. The summed E-state index contributed by atoms with van der Waals surface area (Å²) >= 11 is 2.01. The van der Waals surface area contributed by atoms with E-state index in [1.54, 1.807) is 0 Å². The summed E-state index contributed by atoms with van der Waals surface area (Å²) in [7, 11) is 1.38. The molecule has 4 saturated heterocycles. The molecular weight excluding hydrogens is 332 g/mol. The van der Waals surface area contributed by atoms with Gasteiger partial charge in [-0.1, -0.05) is 0 Å². The molecule has 7 heteroatoms. The SMILES string of the molecule is CN1CCOC2(CC(CN3CCOC4(CCSC4)C3)S(=O)C2)C1. The molecule has 4 atom stereocenters. The zero-order valence-electron chi connectivity index (χ0n) is 14.0. The van der Waals surface area contributed by atoms with Gasteiger partial charge in [0.05, 0.1) is 35.4 Å². The molecule has 0 amide bonds. The van der Waals surface area contributed by atoms with Crippen molar-refractivity contribution in [1.29, 1.82) is 0 Å². The van der Waals surface area contributed by atoms with Crippen LogP contribution in [0.15, 0.2) is 0 Å². The van der Waals surface area contributed by atoms with Crippen LogP contribution >= 0.6 is 11.8 Å². The predicted molar refractivity (Wildman–Crippen MR) is 94.7 cm³/mol. The molecule has 4 rings (SSSR count). The molecule has 23 heavy (non-hydrogen) atoms. The molecule has 5 nitrogen and oxygen atoms in total. The quantitative estimate of drug-likeness (QED) is 0.711. The Labute approximate surface area is 145 Å². The van der Waals surface area contributed by atoms with E-state index in [2.05, 4.69) is 16.8 Å². The van der Waals surface area contributed by atoms with Crippen LogP contribution in [-0.2, 0) is 20.3 Å². The summed E-state index contributed by atoms with van der Waals surface area (Å²) in [4.78, 5) is 4.83. The molecule has 0 aromatic rings. The number of hydrogen-bond donors (Lipinski definition) is 0. The number of morpholine rings is 2. The molecule has 4 aliphatic heterocycles. The van der Waals surface area contributed by atoms with Crippen molar-refractivity contribution in [2.24, 2.45) is 0 Å². The third-order valence-corrected chi connectivity index (χ3v) is 8.77. The molecule has 0 radical (unpaired) electrons. The minimum atomic E-state index is -0.767. The number of nitrogens with zero attached hydrogens (tertiary/aromatic N) is 2. The highest BCUT2D eigenvalue weighted by atomic mass is 32.2. The lowest BCUT2D eigenvalue weighted by atomic mass is 9.96. The first-order valence-corrected chi connectivity index (χ1v) is 11.3. The molecule has 4 unspecified atom stereocenters. The van der Waals surface area contributed by atoms with Crippen LogP contribution in [0.1, 0.15) is 12.8 Å². The van der Waals surface area contributed by atoms with E-state index in [0.717, 1.165) is 58.1 Å². The van der Waals surface area contributed by atoms with Crippen LogP contribution in [0, 0.1) is 0 Å². The molecule has 4 heterocycles. The van der Waals surface area contributed by atoms with E-state index < -0.39 is 10.8 Å². The molecule has 132 valence electrons. The molecule has 2 spiro atoms. The summed E-state index contributed by atoms with van der Waals surface area (Å²) in [6.07, 6.45) is 2.11. The summed E-state index contributed by atoms with van der Waals surface area (Å²) in [5.41, 5.74) is -0.0853. The van der Waals surface area contributed by atoms with Crippen molar-refractivity contribution in [3.05, 3.63) is 0 Å². The summed E-state index contributed by atoms with van der Waals surface area (Å²) in [6, 6.07) is 0. The van der Waals surface area contributed by atoms with Crippen LogP contribution in [0.2, 0.25) is 0 Å². The van der Waals surface area contributed by atoms with Gasteiger partial charge in [0.1, 0.15) is 0 Å². The normalized spacial score (nSPS) is 46.1. The first-order valence-electron chi connectivity index (χ1n) is 8.72. The van der Waals surface area contributed by atoms with Crippen molar-refractivity contribution in [3.63, 3.8) is 0 Å². The van der Waals surface area contributed by atoms with Crippen molar-refractivity contribution in [3.8, 4) is 0 Å². The monoisotopic (exact) mass is 360 g/mol. The maximum absolute atomic E-state index is 12.7. The third kappa shape index (κ3) is 3.51. The molecule has 0 aromatic heterocycles. The van der Waals surface area contributed by atoms with Crippen LogP contribution in [0.25, 0.3) is 0 Å². The van der Waals surface area contributed by atoms with Gasteiger partial charge in [0.2, 0.25) is 0 Å². The summed E-state index contributed by atoms with van der Waals surface area (Å²) in [5, 5.41) is 0.255. The van der Waals surface area contributed by atoms with Crippen molar-refractivity contribution in [2.45, 2.75) is 29.3 Å². The second kappa shape index (κ2) is 6.57. The fraction of sp³-hybridized carbons (Fsp3) is 1.00. The minimum absolute atomic E-state index is 0.0717. The number of ether oxygens (including phenoxy) is 2. The molecule has 0 N–H and O–H groups in total.